The average molecular weight is 331 g/mol. The summed E-state index contributed by atoms with van der Waals surface area (Å²) in [5.74, 6) is -0.241. The highest BCUT2D eigenvalue weighted by Gasteiger charge is 2.38. The monoisotopic (exact) mass is 331 g/mol. The van der Waals surface area contributed by atoms with Crippen LogP contribution >= 0.6 is 0 Å². The van der Waals surface area contributed by atoms with Gasteiger partial charge in [0.1, 0.15) is 11.4 Å². The minimum Gasteiger partial charge on any atom is -0.490 e. The topological polar surface area (TPSA) is 79.4 Å². The van der Waals surface area contributed by atoms with Crippen molar-refractivity contribution in [1.82, 2.24) is 9.78 Å². The first-order valence-corrected chi connectivity index (χ1v) is 6.26. The lowest BCUT2D eigenvalue weighted by Crippen LogP contribution is -2.13. The van der Waals surface area contributed by atoms with Crippen LogP contribution in [0.4, 0.5) is 18.9 Å². The summed E-state index contributed by atoms with van der Waals surface area (Å²) in [4.78, 5) is 10.2. The van der Waals surface area contributed by atoms with Gasteiger partial charge in [-0.15, -0.1) is 5.10 Å². The molecule has 0 atom stereocenters. The van der Waals surface area contributed by atoms with Gasteiger partial charge in [-0.3, -0.25) is 14.8 Å². The maximum atomic E-state index is 12.9. The molecular weight excluding hydrogens is 319 g/mol. The first kappa shape index (κ1) is 16.6. The third-order valence-electron chi connectivity index (χ3n) is 3.07. The lowest BCUT2D eigenvalue weighted by atomic mass is 10.2. The fourth-order valence-corrected chi connectivity index (χ4v) is 2.08. The summed E-state index contributed by atoms with van der Waals surface area (Å²) in [5, 5.41) is 14.5. The molecular formula is C13H12F3N3O4. The first-order valence-electron chi connectivity index (χ1n) is 6.26. The van der Waals surface area contributed by atoms with Crippen LogP contribution in [0.2, 0.25) is 0 Å². The predicted molar refractivity (Wildman–Crippen MR) is 72.7 cm³/mol. The Morgan fingerprint density at radius 3 is 2.48 bits per heavy atom. The summed E-state index contributed by atoms with van der Waals surface area (Å²) >= 11 is 0. The number of rotatable bonds is 4. The summed E-state index contributed by atoms with van der Waals surface area (Å²) in [7, 11) is 2.39. The molecule has 124 valence electrons. The van der Waals surface area contributed by atoms with Gasteiger partial charge in [0, 0.05) is 24.7 Å². The van der Waals surface area contributed by atoms with Gasteiger partial charge in [0.15, 0.2) is 0 Å². The summed E-state index contributed by atoms with van der Waals surface area (Å²) < 4.78 is 49.6. The first-order chi connectivity index (χ1) is 10.6. The van der Waals surface area contributed by atoms with E-state index in [0.29, 0.717) is 4.68 Å². The number of aryl methyl sites for hydroxylation is 1. The molecule has 7 nitrogen and oxygen atoms in total. The van der Waals surface area contributed by atoms with Gasteiger partial charge >= 0.3 is 11.9 Å². The summed E-state index contributed by atoms with van der Waals surface area (Å²) in [6.07, 6.45) is -4.57. The zero-order chi connectivity index (χ0) is 17.4. The van der Waals surface area contributed by atoms with Crippen molar-refractivity contribution in [3.63, 3.8) is 0 Å². The van der Waals surface area contributed by atoms with E-state index in [9.17, 15) is 23.3 Å². The van der Waals surface area contributed by atoms with Crippen molar-refractivity contribution in [2.75, 3.05) is 7.11 Å². The fourth-order valence-electron chi connectivity index (χ4n) is 2.08. The molecule has 0 fully saturated rings. The van der Waals surface area contributed by atoms with Crippen molar-refractivity contribution in [1.29, 1.82) is 0 Å². The molecule has 10 heteroatoms. The Morgan fingerprint density at radius 2 is 2.00 bits per heavy atom. The molecule has 0 aliphatic heterocycles. The van der Waals surface area contributed by atoms with Crippen LogP contribution in [-0.4, -0.2) is 21.8 Å². The Morgan fingerprint density at radius 1 is 1.35 bits per heavy atom. The Labute approximate surface area is 128 Å². The summed E-state index contributed by atoms with van der Waals surface area (Å²) in [6.45, 7) is 1.23. The Hall–Kier alpha value is -2.78. The van der Waals surface area contributed by atoms with Gasteiger partial charge in [-0.25, -0.2) is 0 Å². The van der Waals surface area contributed by atoms with Crippen molar-refractivity contribution in [2.45, 2.75) is 13.1 Å². The number of nitro benzene ring substituents is 1. The number of ether oxygens (including phenoxy) is 2. The van der Waals surface area contributed by atoms with Crippen molar-refractivity contribution in [3.05, 3.63) is 39.6 Å². The van der Waals surface area contributed by atoms with Gasteiger partial charge in [-0.2, -0.15) is 13.2 Å². The highest BCUT2D eigenvalue weighted by molar-refractivity contribution is 5.51. The van der Waals surface area contributed by atoms with E-state index in [0.717, 1.165) is 13.1 Å². The number of methoxy groups -OCH3 is 1. The molecule has 0 bridgehead atoms. The van der Waals surface area contributed by atoms with Gasteiger partial charge in [0.05, 0.1) is 12.0 Å². The molecule has 0 spiro atoms. The van der Waals surface area contributed by atoms with Gasteiger partial charge in [-0.1, -0.05) is 0 Å². The molecule has 0 aliphatic carbocycles. The Bertz CT molecular complexity index is 756. The van der Waals surface area contributed by atoms with Gasteiger partial charge in [0.2, 0.25) is 11.6 Å². The number of hydrogen-bond acceptors (Lipinski definition) is 5. The molecule has 0 N–H and O–H groups in total. The molecule has 0 saturated carbocycles. The van der Waals surface area contributed by atoms with E-state index in [1.165, 1.54) is 26.2 Å². The number of alkyl halides is 3. The molecule has 1 heterocycles. The van der Waals surface area contributed by atoms with Crippen molar-refractivity contribution in [2.24, 2.45) is 7.05 Å². The largest absolute Gasteiger partial charge is 0.490 e. The van der Waals surface area contributed by atoms with Crippen LogP contribution < -0.4 is 9.47 Å². The number of nitrogens with zero attached hydrogens (tertiary/aromatic N) is 3. The quantitative estimate of drug-likeness (QED) is 0.633. The third kappa shape index (κ3) is 3.20. The number of benzene rings is 1. The van der Waals surface area contributed by atoms with Crippen LogP contribution in [0.25, 0.3) is 0 Å². The Kier molecular flexibility index (Phi) is 4.17. The zero-order valence-electron chi connectivity index (χ0n) is 12.3. The molecule has 23 heavy (non-hydrogen) atoms. The van der Waals surface area contributed by atoms with E-state index < -0.39 is 16.8 Å². The van der Waals surface area contributed by atoms with Crippen LogP contribution in [-0.2, 0) is 13.2 Å². The van der Waals surface area contributed by atoms with Crippen molar-refractivity contribution >= 4 is 5.69 Å². The molecule has 0 amide bonds. The van der Waals surface area contributed by atoms with Crippen molar-refractivity contribution in [3.8, 4) is 17.4 Å². The molecule has 0 saturated heterocycles. The SMILES string of the molecule is COc1cc(Oc2nn(C)c(C(F)(F)F)c2C)ccc1[N+](=O)[O-]. The normalized spacial score (nSPS) is 11.4. The van der Waals surface area contributed by atoms with Gasteiger partial charge < -0.3 is 9.47 Å². The maximum Gasteiger partial charge on any atom is 0.433 e. The second-order valence-electron chi connectivity index (χ2n) is 4.59. The van der Waals surface area contributed by atoms with E-state index in [4.69, 9.17) is 9.47 Å². The van der Waals surface area contributed by atoms with Crippen LogP contribution in [0.5, 0.6) is 17.4 Å². The predicted octanol–water partition coefficient (Wildman–Crippen LogP) is 3.46. The van der Waals surface area contributed by atoms with Crippen LogP contribution in [0.1, 0.15) is 11.3 Å². The van der Waals surface area contributed by atoms with E-state index in [1.807, 2.05) is 0 Å². The fraction of sp³-hybridized carbons (Fsp3) is 0.308. The maximum absolute atomic E-state index is 12.9. The van der Waals surface area contributed by atoms with Gasteiger partial charge in [-0.05, 0) is 13.0 Å². The number of aromatic nitrogens is 2. The third-order valence-corrected chi connectivity index (χ3v) is 3.07. The molecule has 0 radical (unpaired) electrons. The van der Waals surface area contributed by atoms with E-state index in [-0.39, 0.29) is 28.6 Å². The molecule has 2 rings (SSSR count). The number of nitro groups is 1. The minimum absolute atomic E-state index is 0.0716. The average Bonchev–Trinajstić information content (AvgIpc) is 2.72. The zero-order valence-corrected chi connectivity index (χ0v) is 12.3. The standard InChI is InChI=1S/C13H12F3N3O4/c1-7-11(13(14,15)16)18(2)17-12(7)23-8-4-5-9(19(20)21)10(6-8)22-3/h4-6H,1-3H3. The number of hydrogen-bond donors (Lipinski definition) is 0. The van der Waals surface area contributed by atoms with Gasteiger partial charge in [0.25, 0.3) is 0 Å². The van der Waals surface area contributed by atoms with Crippen LogP contribution in [0, 0.1) is 17.0 Å². The van der Waals surface area contributed by atoms with E-state index in [1.54, 1.807) is 0 Å². The minimum atomic E-state index is -4.57. The lowest BCUT2D eigenvalue weighted by Gasteiger charge is -2.08. The van der Waals surface area contributed by atoms with Crippen LogP contribution in [0.3, 0.4) is 0 Å². The van der Waals surface area contributed by atoms with Crippen molar-refractivity contribution < 1.29 is 27.6 Å². The highest BCUT2D eigenvalue weighted by Crippen LogP contribution is 2.38. The number of halogens is 3. The smallest absolute Gasteiger partial charge is 0.433 e. The molecule has 2 aromatic rings. The molecule has 1 aromatic heterocycles. The summed E-state index contributed by atoms with van der Waals surface area (Å²) in [5.41, 5.74) is -1.40. The summed E-state index contributed by atoms with van der Waals surface area (Å²) in [6, 6.07) is 3.60. The van der Waals surface area contributed by atoms with E-state index in [2.05, 4.69) is 5.10 Å². The second kappa shape index (κ2) is 5.78. The molecule has 0 unspecified atom stereocenters. The van der Waals surface area contributed by atoms with E-state index >= 15 is 0 Å². The molecule has 1 aromatic carbocycles. The second-order valence-corrected chi connectivity index (χ2v) is 4.59. The molecule has 0 aliphatic rings. The lowest BCUT2D eigenvalue weighted by molar-refractivity contribution is -0.385. The van der Waals surface area contributed by atoms with Crippen LogP contribution in [0.15, 0.2) is 18.2 Å². The Balaban J connectivity index is 2.39. The highest BCUT2D eigenvalue weighted by atomic mass is 19.4.